The largest absolute Gasteiger partial charge is 0.509 e. The van der Waals surface area contributed by atoms with E-state index in [-0.39, 0.29) is 21.1 Å². The number of nitrogens with zero attached hydrogens (tertiary/aromatic N) is 4. The summed E-state index contributed by atoms with van der Waals surface area (Å²) < 4.78 is 14.8. The van der Waals surface area contributed by atoms with Crippen molar-refractivity contribution in [2.24, 2.45) is 0 Å². The van der Waals surface area contributed by atoms with Crippen LogP contribution in [0.5, 0.6) is 11.5 Å². The molecule has 0 unspecified atom stereocenters. The summed E-state index contributed by atoms with van der Waals surface area (Å²) >= 11 is 0. The molecule has 1 aliphatic heterocycles. The van der Waals surface area contributed by atoms with Gasteiger partial charge in [0.05, 0.1) is 0 Å². The van der Waals surface area contributed by atoms with Crippen molar-refractivity contribution in [2.45, 2.75) is 0 Å². The fraction of sp³-hybridized carbons (Fsp3) is 0.0233. The van der Waals surface area contributed by atoms with Crippen molar-refractivity contribution in [2.75, 3.05) is 16.8 Å². The molecule has 7 heteroatoms. The van der Waals surface area contributed by atoms with Gasteiger partial charge in [0.25, 0.3) is 0 Å². The van der Waals surface area contributed by atoms with Crippen molar-refractivity contribution < 1.29 is 30.2 Å². The Kier molecular flexibility index (Phi) is 7.22. The first-order valence-electron chi connectivity index (χ1n) is 16.2. The maximum Gasteiger partial charge on any atom is 0.140 e. The first-order valence-corrected chi connectivity index (χ1v) is 16.2. The molecule has 4 heterocycles. The Morgan fingerprint density at radius 3 is 2.34 bits per heavy atom. The van der Waals surface area contributed by atoms with Crippen LogP contribution in [0.2, 0.25) is 0 Å². The average molecular weight is 827 g/mol. The minimum Gasteiger partial charge on any atom is -0.509 e. The minimum absolute atomic E-state index is 0. The number of rotatable bonds is 5. The SMILES string of the molecule is CN1[CH-]N(c2[c-]c(Oc3[c-]c4c(cc3)c3ccccc3n4-c3cc4oc5ccccc5c4cn3)ccc2)c2cc(-c3ccccc3)ccc21.[Pt]. The Balaban J connectivity index is 0.00000336. The molecule has 244 valence electrons. The summed E-state index contributed by atoms with van der Waals surface area (Å²) in [6.45, 7) is 2.08. The summed E-state index contributed by atoms with van der Waals surface area (Å²) in [4.78, 5) is 9.19. The van der Waals surface area contributed by atoms with Crippen LogP contribution in [0.25, 0.3) is 60.7 Å². The predicted octanol–water partition coefficient (Wildman–Crippen LogP) is 10.8. The third-order valence-electron chi connectivity index (χ3n) is 9.28. The van der Waals surface area contributed by atoms with Crippen LogP contribution in [-0.4, -0.2) is 16.6 Å². The van der Waals surface area contributed by atoms with Gasteiger partial charge in [-0.2, -0.15) is 18.8 Å². The van der Waals surface area contributed by atoms with Gasteiger partial charge in [0.15, 0.2) is 0 Å². The maximum absolute atomic E-state index is 6.47. The number of benzene rings is 6. The van der Waals surface area contributed by atoms with E-state index in [4.69, 9.17) is 14.1 Å². The molecule has 9 aromatic rings. The van der Waals surface area contributed by atoms with E-state index in [0.29, 0.717) is 11.5 Å². The molecule has 0 bridgehead atoms. The number of hydrogen-bond donors (Lipinski definition) is 0. The zero-order chi connectivity index (χ0) is 32.5. The van der Waals surface area contributed by atoms with Crippen LogP contribution in [-0.2, 0) is 21.1 Å². The Labute approximate surface area is 303 Å². The second kappa shape index (κ2) is 11.9. The predicted molar refractivity (Wildman–Crippen MR) is 197 cm³/mol. The van der Waals surface area contributed by atoms with E-state index in [9.17, 15) is 0 Å². The Morgan fingerprint density at radius 2 is 1.44 bits per heavy atom. The average Bonchev–Trinajstić information content (AvgIpc) is 3.80. The van der Waals surface area contributed by atoms with Gasteiger partial charge in [-0.15, -0.1) is 41.4 Å². The van der Waals surface area contributed by atoms with Gasteiger partial charge >= 0.3 is 0 Å². The molecule has 0 N–H and O–H groups in total. The van der Waals surface area contributed by atoms with Crippen molar-refractivity contribution >= 4 is 60.8 Å². The van der Waals surface area contributed by atoms with Crippen molar-refractivity contribution in [3.63, 3.8) is 0 Å². The van der Waals surface area contributed by atoms with Crippen molar-refractivity contribution in [1.82, 2.24) is 9.55 Å². The first-order chi connectivity index (χ1) is 24.2. The molecular formula is C43H27N4O2Pt-3. The van der Waals surface area contributed by atoms with Gasteiger partial charge in [-0.05, 0) is 47.8 Å². The third kappa shape index (κ3) is 4.87. The number of anilines is 3. The van der Waals surface area contributed by atoms with Crippen LogP contribution >= 0.6 is 0 Å². The second-order valence-corrected chi connectivity index (χ2v) is 12.2. The number of pyridine rings is 1. The Bertz CT molecular complexity index is 2720. The Hall–Kier alpha value is -5.84. The topological polar surface area (TPSA) is 46.7 Å². The zero-order valence-corrected chi connectivity index (χ0v) is 29.1. The normalized spacial score (nSPS) is 12.6. The van der Waals surface area contributed by atoms with Crippen LogP contribution in [0.3, 0.4) is 0 Å². The van der Waals surface area contributed by atoms with E-state index >= 15 is 0 Å². The molecule has 0 aliphatic carbocycles. The van der Waals surface area contributed by atoms with Gasteiger partial charge in [0.1, 0.15) is 17.0 Å². The van der Waals surface area contributed by atoms with E-state index in [1.54, 1.807) is 0 Å². The summed E-state index contributed by atoms with van der Waals surface area (Å²) in [7, 11) is 2.06. The minimum atomic E-state index is 0. The summed E-state index contributed by atoms with van der Waals surface area (Å²) in [5, 5.41) is 4.22. The molecule has 0 saturated heterocycles. The molecular weight excluding hydrogens is 800 g/mol. The molecule has 0 fully saturated rings. The Morgan fingerprint density at radius 1 is 0.640 bits per heavy atom. The van der Waals surface area contributed by atoms with Crippen LogP contribution in [0.1, 0.15) is 0 Å². The van der Waals surface area contributed by atoms with Gasteiger partial charge in [0, 0.05) is 72.5 Å². The van der Waals surface area contributed by atoms with Crippen molar-refractivity contribution in [1.29, 1.82) is 0 Å². The van der Waals surface area contributed by atoms with Gasteiger partial charge in [-0.3, -0.25) is 0 Å². The summed E-state index contributed by atoms with van der Waals surface area (Å²) in [5.74, 6) is 1.94. The number of para-hydroxylation sites is 2. The number of ether oxygens (including phenoxy) is 1. The summed E-state index contributed by atoms with van der Waals surface area (Å²) in [6.07, 6.45) is 1.89. The molecule has 3 aromatic heterocycles. The standard InChI is InChI=1S/C43H27N4O2.Pt/c1-45-27-46(40-22-29(18-21-38(40)45)28-10-3-2-4-11-28)30-12-9-13-31(23-30)48-32-19-20-34-33-14-5-7-16-37(33)47(39(34)24-32)43-25-42-36(26-44-43)35-15-6-8-17-41(35)49-42;/h2-22,25-27H,1H3;/q-3;. The van der Waals surface area contributed by atoms with E-state index in [0.717, 1.165) is 72.2 Å². The van der Waals surface area contributed by atoms with Crippen molar-refractivity contribution in [3.8, 4) is 28.4 Å². The molecule has 0 saturated carbocycles. The van der Waals surface area contributed by atoms with E-state index in [1.165, 1.54) is 5.56 Å². The van der Waals surface area contributed by atoms with Gasteiger partial charge in [-0.1, -0.05) is 78.3 Å². The van der Waals surface area contributed by atoms with E-state index < -0.39 is 0 Å². The van der Waals surface area contributed by atoms with Crippen LogP contribution in [0.4, 0.5) is 17.1 Å². The number of fused-ring (bicyclic) bond motifs is 7. The maximum atomic E-state index is 6.47. The van der Waals surface area contributed by atoms with Gasteiger partial charge < -0.3 is 23.5 Å². The molecule has 0 radical (unpaired) electrons. The first kappa shape index (κ1) is 30.2. The third-order valence-corrected chi connectivity index (χ3v) is 9.28. The molecule has 10 rings (SSSR count). The fourth-order valence-corrected chi connectivity index (χ4v) is 6.97. The second-order valence-electron chi connectivity index (χ2n) is 12.2. The summed E-state index contributed by atoms with van der Waals surface area (Å²) in [6, 6.07) is 52.5. The van der Waals surface area contributed by atoms with Crippen LogP contribution < -0.4 is 14.5 Å². The molecule has 6 nitrogen and oxygen atoms in total. The summed E-state index contributed by atoms with van der Waals surface area (Å²) in [5.41, 5.74) is 8.97. The van der Waals surface area contributed by atoms with Gasteiger partial charge in [-0.25, -0.2) is 4.98 Å². The van der Waals surface area contributed by atoms with Crippen LogP contribution in [0.15, 0.2) is 144 Å². The zero-order valence-electron chi connectivity index (χ0n) is 26.8. The molecule has 1 aliphatic rings. The molecule has 50 heavy (non-hydrogen) atoms. The van der Waals surface area contributed by atoms with Crippen LogP contribution in [0, 0.1) is 18.8 Å². The number of aromatic nitrogens is 2. The molecule has 6 aromatic carbocycles. The molecule has 0 spiro atoms. The smallest absolute Gasteiger partial charge is 0.140 e. The molecule has 0 amide bonds. The number of hydrogen-bond acceptors (Lipinski definition) is 5. The number of furan rings is 1. The molecule has 0 atom stereocenters. The van der Waals surface area contributed by atoms with Gasteiger partial charge in [0.2, 0.25) is 0 Å². The van der Waals surface area contributed by atoms with E-state index in [2.05, 4.69) is 113 Å². The quantitative estimate of drug-likeness (QED) is 0.162. The fourth-order valence-electron chi connectivity index (χ4n) is 6.97. The van der Waals surface area contributed by atoms with Crippen molar-refractivity contribution in [3.05, 3.63) is 158 Å². The monoisotopic (exact) mass is 826 g/mol. The van der Waals surface area contributed by atoms with E-state index in [1.807, 2.05) is 66.9 Å².